The van der Waals surface area contributed by atoms with Crippen LogP contribution in [-0.2, 0) is 0 Å². The molecule has 0 aliphatic carbocycles. The van der Waals surface area contributed by atoms with Crippen LogP contribution in [0, 0.1) is 12.7 Å². The summed E-state index contributed by atoms with van der Waals surface area (Å²) in [5.41, 5.74) is 3.64. The highest BCUT2D eigenvalue weighted by molar-refractivity contribution is 6.10. The van der Waals surface area contributed by atoms with Gasteiger partial charge in [-0.1, -0.05) is 6.07 Å². The normalized spacial score (nSPS) is 10.9. The van der Waals surface area contributed by atoms with E-state index >= 15 is 0 Å². The molecule has 2 heterocycles. The molecule has 0 saturated heterocycles. The molecular weight excluding hydrogens is 387 g/mol. The van der Waals surface area contributed by atoms with Crippen LogP contribution in [0.1, 0.15) is 26.3 Å². The second kappa shape index (κ2) is 7.44. The second-order valence-corrected chi connectivity index (χ2v) is 6.77. The number of fused-ring (bicyclic) bond motifs is 1. The van der Waals surface area contributed by atoms with Crippen LogP contribution in [0.4, 0.5) is 4.39 Å². The molecule has 2 N–H and O–H groups in total. The Labute approximate surface area is 171 Å². The van der Waals surface area contributed by atoms with Crippen LogP contribution in [0.2, 0.25) is 0 Å². The molecule has 0 unspecified atom stereocenters. The van der Waals surface area contributed by atoms with Gasteiger partial charge in [0.25, 0.3) is 5.91 Å². The van der Waals surface area contributed by atoms with Gasteiger partial charge in [0, 0.05) is 18.2 Å². The number of amides is 1. The van der Waals surface area contributed by atoms with Crippen LogP contribution in [0.25, 0.3) is 33.7 Å². The van der Waals surface area contributed by atoms with Gasteiger partial charge < -0.3 is 14.8 Å². The van der Waals surface area contributed by atoms with E-state index in [9.17, 15) is 19.1 Å². The van der Waals surface area contributed by atoms with Crippen molar-refractivity contribution in [2.75, 3.05) is 7.05 Å². The molecule has 6 nitrogen and oxygen atoms in total. The first-order valence-corrected chi connectivity index (χ1v) is 9.15. The van der Waals surface area contributed by atoms with Crippen molar-refractivity contribution < 1.29 is 23.5 Å². The average Bonchev–Trinajstić information content (AvgIpc) is 3.12. The first-order valence-electron chi connectivity index (χ1n) is 9.15. The van der Waals surface area contributed by atoms with Crippen LogP contribution < -0.4 is 5.32 Å². The minimum absolute atomic E-state index is 0.142. The lowest BCUT2D eigenvalue weighted by Crippen LogP contribution is -2.18. The Kier molecular flexibility index (Phi) is 4.79. The van der Waals surface area contributed by atoms with Gasteiger partial charge in [-0.2, -0.15) is 0 Å². The zero-order valence-electron chi connectivity index (χ0n) is 16.2. The van der Waals surface area contributed by atoms with E-state index in [-0.39, 0.29) is 16.9 Å². The fourth-order valence-corrected chi connectivity index (χ4v) is 3.30. The number of carboxylic acid groups (broad SMARTS) is 1. The highest BCUT2D eigenvalue weighted by Crippen LogP contribution is 2.35. The van der Waals surface area contributed by atoms with E-state index in [1.807, 2.05) is 6.92 Å². The molecule has 0 aliphatic heterocycles. The van der Waals surface area contributed by atoms with E-state index < -0.39 is 17.7 Å². The predicted molar refractivity (Wildman–Crippen MR) is 110 cm³/mol. The monoisotopic (exact) mass is 404 g/mol. The number of aryl methyl sites for hydroxylation is 1. The van der Waals surface area contributed by atoms with Crippen LogP contribution in [0.3, 0.4) is 0 Å². The molecule has 150 valence electrons. The van der Waals surface area contributed by atoms with Crippen LogP contribution >= 0.6 is 0 Å². The van der Waals surface area contributed by atoms with E-state index in [2.05, 4.69) is 10.3 Å². The Balaban J connectivity index is 1.95. The van der Waals surface area contributed by atoms with Crippen molar-refractivity contribution in [3.05, 3.63) is 77.1 Å². The number of nitrogens with zero attached hydrogens (tertiary/aromatic N) is 1. The zero-order chi connectivity index (χ0) is 21.4. The minimum Gasteiger partial charge on any atom is -0.478 e. The Hall–Kier alpha value is -4.00. The maximum atomic E-state index is 13.3. The summed E-state index contributed by atoms with van der Waals surface area (Å²) >= 11 is 0. The second-order valence-electron chi connectivity index (χ2n) is 6.77. The summed E-state index contributed by atoms with van der Waals surface area (Å²) in [6, 6.07) is 13.8. The summed E-state index contributed by atoms with van der Waals surface area (Å²) in [6.45, 7) is 1.85. The van der Waals surface area contributed by atoms with Crippen molar-refractivity contribution in [2.24, 2.45) is 0 Å². The van der Waals surface area contributed by atoms with E-state index in [1.54, 1.807) is 24.3 Å². The largest absolute Gasteiger partial charge is 0.478 e. The van der Waals surface area contributed by atoms with Crippen molar-refractivity contribution in [2.45, 2.75) is 6.92 Å². The van der Waals surface area contributed by atoms with Crippen LogP contribution in [0.5, 0.6) is 0 Å². The zero-order valence-corrected chi connectivity index (χ0v) is 16.2. The van der Waals surface area contributed by atoms with Crippen molar-refractivity contribution >= 4 is 23.0 Å². The molecule has 0 spiro atoms. The first-order chi connectivity index (χ1) is 14.4. The first kappa shape index (κ1) is 19.3. The lowest BCUT2D eigenvalue weighted by molar-refractivity contribution is 0.0696. The third kappa shape index (κ3) is 3.30. The Bertz CT molecular complexity index is 1290. The van der Waals surface area contributed by atoms with E-state index in [1.165, 1.54) is 37.4 Å². The lowest BCUT2D eigenvalue weighted by Gasteiger charge is -2.07. The number of benzene rings is 2. The quantitative estimate of drug-likeness (QED) is 0.516. The number of rotatable bonds is 4. The number of hydrogen-bond acceptors (Lipinski definition) is 4. The Morgan fingerprint density at radius 3 is 2.47 bits per heavy atom. The van der Waals surface area contributed by atoms with Gasteiger partial charge in [0.2, 0.25) is 0 Å². The number of hydrogen-bond donors (Lipinski definition) is 2. The van der Waals surface area contributed by atoms with E-state index in [0.717, 1.165) is 5.56 Å². The standard InChI is InChI=1S/C23H17FN2O4/c1-12-3-4-14(23(28)29)11-16(12)17-9-10-18-20(26-17)19(22(27)25-2)21(30-18)13-5-7-15(24)8-6-13/h3-11H,1-2H3,(H,25,27)(H,28,29). The molecule has 0 atom stereocenters. The molecule has 1 amide bonds. The summed E-state index contributed by atoms with van der Waals surface area (Å²) in [4.78, 5) is 28.6. The number of pyridine rings is 1. The Morgan fingerprint density at radius 2 is 1.80 bits per heavy atom. The van der Waals surface area contributed by atoms with Gasteiger partial charge >= 0.3 is 5.97 Å². The fourth-order valence-electron chi connectivity index (χ4n) is 3.30. The molecule has 0 radical (unpaired) electrons. The summed E-state index contributed by atoms with van der Waals surface area (Å²) in [7, 11) is 1.50. The molecular formula is C23H17FN2O4. The molecule has 0 aliphatic rings. The molecule has 4 aromatic rings. The number of aromatic carboxylic acids is 1. The fraction of sp³-hybridized carbons (Fsp3) is 0.0870. The molecule has 0 fully saturated rings. The van der Waals surface area contributed by atoms with Gasteiger partial charge in [-0.05, 0) is 61.0 Å². The molecule has 0 bridgehead atoms. The molecule has 30 heavy (non-hydrogen) atoms. The van der Waals surface area contributed by atoms with Gasteiger partial charge in [0.05, 0.1) is 11.3 Å². The van der Waals surface area contributed by atoms with Crippen molar-refractivity contribution in [1.82, 2.24) is 10.3 Å². The van der Waals surface area contributed by atoms with Crippen molar-refractivity contribution in [3.63, 3.8) is 0 Å². The summed E-state index contributed by atoms with van der Waals surface area (Å²) in [5.74, 6) is -1.55. The van der Waals surface area contributed by atoms with E-state index in [0.29, 0.717) is 27.9 Å². The molecule has 2 aromatic carbocycles. The number of aromatic nitrogens is 1. The van der Waals surface area contributed by atoms with Crippen LogP contribution in [-0.4, -0.2) is 29.0 Å². The van der Waals surface area contributed by atoms with Crippen molar-refractivity contribution in [1.29, 1.82) is 0 Å². The summed E-state index contributed by atoms with van der Waals surface area (Å²) in [5, 5.41) is 11.9. The molecule has 0 saturated carbocycles. The maximum absolute atomic E-state index is 13.3. The van der Waals surface area contributed by atoms with Crippen molar-refractivity contribution in [3.8, 4) is 22.6 Å². The smallest absolute Gasteiger partial charge is 0.335 e. The topological polar surface area (TPSA) is 92.4 Å². The number of halogens is 1. The van der Waals surface area contributed by atoms with Gasteiger partial charge in [-0.3, -0.25) is 4.79 Å². The maximum Gasteiger partial charge on any atom is 0.335 e. The predicted octanol–water partition coefficient (Wildman–Crippen LogP) is 4.67. The molecule has 4 rings (SSSR count). The number of furan rings is 1. The van der Waals surface area contributed by atoms with Gasteiger partial charge in [-0.25, -0.2) is 14.2 Å². The molecule has 2 aromatic heterocycles. The third-order valence-corrected chi connectivity index (χ3v) is 4.86. The minimum atomic E-state index is -1.04. The number of carboxylic acids is 1. The number of nitrogens with one attached hydrogen (secondary N) is 1. The average molecular weight is 404 g/mol. The number of carbonyl (C=O) groups is 2. The highest BCUT2D eigenvalue weighted by Gasteiger charge is 2.23. The van der Waals surface area contributed by atoms with Gasteiger partial charge in [-0.15, -0.1) is 0 Å². The highest BCUT2D eigenvalue weighted by atomic mass is 19.1. The van der Waals surface area contributed by atoms with Gasteiger partial charge in [0.1, 0.15) is 22.7 Å². The third-order valence-electron chi connectivity index (χ3n) is 4.86. The molecule has 7 heteroatoms. The van der Waals surface area contributed by atoms with Crippen LogP contribution in [0.15, 0.2) is 59.0 Å². The lowest BCUT2D eigenvalue weighted by atomic mass is 10.0. The SMILES string of the molecule is CNC(=O)c1c(-c2ccc(F)cc2)oc2ccc(-c3cc(C(=O)O)ccc3C)nc12. The van der Waals surface area contributed by atoms with Gasteiger partial charge in [0.15, 0.2) is 5.58 Å². The van der Waals surface area contributed by atoms with E-state index in [4.69, 9.17) is 4.42 Å². The summed E-state index contributed by atoms with van der Waals surface area (Å²) in [6.07, 6.45) is 0. The Morgan fingerprint density at radius 1 is 1.07 bits per heavy atom. The summed E-state index contributed by atoms with van der Waals surface area (Å²) < 4.78 is 19.2. The number of carbonyl (C=O) groups excluding carboxylic acids is 1.